The van der Waals surface area contributed by atoms with Gasteiger partial charge in [0.25, 0.3) is 0 Å². The molecule has 0 unspecified atom stereocenters. The number of nitrogens with zero attached hydrogens (tertiary/aromatic N) is 1. The first-order valence-corrected chi connectivity index (χ1v) is 9.94. The Kier molecular flexibility index (Phi) is 7.37. The highest BCUT2D eigenvalue weighted by Gasteiger charge is 2.38. The number of aliphatic carboxylic acids is 1. The maximum atomic E-state index is 12.4. The lowest BCUT2D eigenvalue weighted by molar-refractivity contribution is -0.192. The van der Waals surface area contributed by atoms with E-state index < -0.39 is 12.1 Å². The molecule has 0 saturated carbocycles. The number of halogens is 3. The lowest BCUT2D eigenvalue weighted by Gasteiger charge is -2.31. The second kappa shape index (κ2) is 10.0. The van der Waals surface area contributed by atoms with Crippen LogP contribution in [0.25, 0.3) is 11.1 Å². The molecule has 1 amide bonds. The molecular formula is C22H23F3N2O5. The van der Waals surface area contributed by atoms with Gasteiger partial charge < -0.3 is 25.2 Å². The summed E-state index contributed by atoms with van der Waals surface area (Å²) in [6, 6.07) is 16.7. The highest BCUT2D eigenvalue weighted by atomic mass is 19.4. The Morgan fingerprint density at radius 2 is 1.62 bits per heavy atom. The van der Waals surface area contributed by atoms with Crippen molar-refractivity contribution in [2.45, 2.75) is 18.2 Å². The molecule has 0 spiro atoms. The lowest BCUT2D eigenvalue weighted by atomic mass is 9.98. The third-order valence-electron chi connectivity index (χ3n) is 5.24. The number of hydrogen-bond donors (Lipinski definition) is 2. The molecule has 10 heteroatoms. The monoisotopic (exact) mass is 452 g/mol. The Morgan fingerprint density at radius 3 is 2.12 bits per heavy atom. The van der Waals surface area contributed by atoms with Gasteiger partial charge in [0, 0.05) is 19.0 Å². The van der Waals surface area contributed by atoms with Crippen LogP contribution in [0.4, 0.5) is 18.0 Å². The van der Waals surface area contributed by atoms with Gasteiger partial charge in [0.1, 0.15) is 6.61 Å². The summed E-state index contributed by atoms with van der Waals surface area (Å²) in [5.74, 6) is -2.67. The number of amides is 1. The van der Waals surface area contributed by atoms with E-state index in [0.717, 1.165) is 0 Å². The van der Waals surface area contributed by atoms with Gasteiger partial charge in [-0.2, -0.15) is 13.2 Å². The first-order chi connectivity index (χ1) is 15.2. The number of rotatable bonds is 3. The lowest BCUT2D eigenvalue weighted by Crippen LogP contribution is -2.48. The Hall–Kier alpha value is -3.11. The molecule has 2 aromatic carbocycles. The van der Waals surface area contributed by atoms with Gasteiger partial charge in [-0.1, -0.05) is 48.5 Å². The van der Waals surface area contributed by atoms with Gasteiger partial charge in [0.05, 0.1) is 19.3 Å². The van der Waals surface area contributed by atoms with Crippen molar-refractivity contribution in [1.29, 1.82) is 0 Å². The van der Waals surface area contributed by atoms with Crippen LogP contribution in [0.5, 0.6) is 0 Å². The SMILES string of the molecule is NC[C@@H]1CN(C(=O)OCC2c3ccccc3-c3ccccc32)CCO1.O=C(O)C(F)(F)F. The average Bonchev–Trinajstić information content (AvgIpc) is 3.11. The van der Waals surface area contributed by atoms with Crippen molar-refractivity contribution in [2.75, 3.05) is 32.8 Å². The summed E-state index contributed by atoms with van der Waals surface area (Å²) in [7, 11) is 0. The molecule has 2 aromatic rings. The number of carbonyl (C=O) groups is 2. The Morgan fingerprint density at radius 1 is 1.09 bits per heavy atom. The third-order valence-corrected chi connectivity index (χ3v) is 5.24. The fourth-order valence-electron chi connectivity index (χ4n) is 3.71. The van der Waals surface area contributed by atoms with Gasteiger partial charge >= 0.3 is 18.2 Å². The third kappa shape index (κ3) is 5.38. The van der Waals surface area contributed by atoms with E-state index in [4.69, 9.17) is 25.1 Å². The number of carboxylic acids is 1. The molecule has 32 heavy (non-hydrogen) atoms. The summed E-state index contributed by atoms with van der Waals surface area (Å²) >= 11 is 0. The average molecular weight is 452 g/mol. The summed E-state index contributed by atoms with van der Waals surface area (Å²) in [5.41, 5.74) is 10.5. The molecule has 1 atom stereocenters. The Bertz CT molecular complexity index is 921. The first-order valence-electron chi connectivity index (χ1n) is 9.94. The molecule has 1 fully saturated rings. The van der Waals surface area contributed by atoms with Crippen LogP contribution in [-0.4, -0.2) is 67.2 Å². The van der Waals surface area contributed by atoms with E-state index in [-0.39, 0.29) is 18.1 Å². The normalized spacial score (nSPS) is 17.6. The summed E-state index contributed by atoms with van der Waals surface area (Å²) in [6.45, 7) is 2.30. The van der Waals surface area contributed by atoms with Crippen LogP contribution >= 0.6 is 0 Å². The quantitative estimate of drug-likeness (QED) is 0.742. The maximum absolute atomic E-state index is 12.4. The number of carbonyl (C=O) groups excluding carboxylic acids is 1. The zero-order chi connectivity index (χ0) is 23.3. The number of benzene rings is 2. The Labute approximate surface area is 182 Å². The minimum absolute atomic E-state index is 0.0858. The molecule has 0 radical (unpaired) electrons. The molecule has 0 bridgehead atoms. The van der Waals surface area contributed by atoms with Crippen LogP contribution in [0.15, 0.2) is 48.5 Å². The van der Waals surface area contributed by atoms with E-state index in [2.05, 4.69) is 24.3 Å². The largest absolute Gasteiger partial charge is 0.490 e. The van der Waals surface area contributed by atoms with Crippen molar-refractivity contribution in [3.8, 4) is 11.1 Å². The number of fused-ring (bicyclic) bond motifs is 3. The van der Waals surface area contributed by atoms with Crippen molar-refractivity contribution >= 4 is 12.1 Å². The predicted molar refractivity (Wildman–Crippen MR) is 109 cm³/mol. The van der Waals surface area contributed by atoms with Gasteiger partial charge in [-0.05, 0) is 22.3 Å². The van der Waals surface area contributed by atoms with Crippen LogP contribution in [0.2, 0.25) is 0 Å². The van der Waals surface area contributed by atoms with Crippen LogP contribution in [0, 0.1) is 0 Å². The summed E-state index contributed by atoms with van der Waals surface area (Å²) in [4.78, 5) is 23.0. The van der Waals surface area contributed by atoms with Gasteiger partial charge in [-0.25, -0.2) is 9.59 Å². The molecule has 172 valence electrons. The van der Waals surface area contributed by atoms with Crippen LogP contribution in [-0.2, 0) is 14.3 Å². The van der Waals surface area contributed by atoms with Crippen molar-refractivity contribution < 1.29 is 37.3 Å². The smallest absolute Gasteiger partial charge is 0.475 e. The minimum Gasteiger partial charge on any atom is -0.475 e. The second-order valence-electron chi connectivity index (χ2n) is 7.28. The van der Waals surface area contributed by atoms with Gasteiger partial charge in [0.15, 0.2) is 0 Å². The maximum Gasteiger partial charge on any atom is 0.490 e. The Balaban J connectivity index is 0.000000360. The molecule has 1 saturated heterocycles. The zero-order valence-electron chi connectivity index (χ0n) is 17.0. The van der Waals surface area contributed by atoms with E-state index in [0.29, 0.717) is 32.8 Å². The number of carboxylic acid groups (broad SMARTS) is 1. The topological polar surface area (TPSA) is 102 Å². The van der Waals surface area contributed by atoms with Gasteiger partial charge in [-0.3, -0.25) is 0 Å². The molecule has 1 aliphatic heterocycles. The fraction of sp³-hybridized carbons (Fsp3) is 0.364. The highest BCUT2D eigenvalue weighted by Crippen LogP contribution is 2.44. The minimum atomic E-state index is -5.08. The second-order valence-corrected chi connectivity index (χ2v) is 7.28. The van der Waals surface area contributed by atoms with Crippen LogP contribution in [0.3, 0.4) is 0 Å². The molecule has 4 rings (SSSR count). The van der Waals surface area contributed by atoms with E-state index in [9.17, 15) is 18.0 Å². The highest BCUT2D eigenvalue weighted by molar-refractivity contribution is 5.79. The van der Waals surface area contributed by atoms with E-state index in [1.54, 1.807) is 4.90 Å². The molecule has 0 aromatic heterocycles. The summed E-state index contributed by atoms with van der Waals surface area (Å²) in [6.07, 6.45) is -5.47. The van der Waals surface area contributed by atoms with Crippen molar-refractivity contribution in [2.24, 2.45) is 5.73 Å². The fourth-order valence-corrected chi connectivity index (χ4v) is 3.71. The first kappa shape index (κ1) is 23.6. The van der Waals surface area contributed by atoms with Crippen LogP contribution in [0.1, 0.15) is 17.0 Å². The number of hydrogen-bond acceptors (Lipinski definition) is 5. The molecule has 1 aliphatic carbocycles. The molecular weight excluding hydrogens is 429 g/mol. The predicted octanol–water partition coefficient (Wildman–Crippen LogP) is 3.23. The van der Waals surface area contributed by atoms with E-state index >= 15 is 0 Å². The molecule has 1 heterocycles. The zero-order valence-corrected chi connectivity index (χ0v) is 17.0. The number of ether oxygens (including phenoxy) is 2. The summed E-state index contributed by atoms with van der Waals surface area (Å²) in [5, 5.41) is 7.12. The van der Waals surface area contributed by atoms with Crippen LogP contribution < -0.4 is 5.73 Å². The van der Waals surface area contributed by atoms with Crippen molar-refractivity contribution in [1.82, 2.24) is 4.90 Å². The van der Waals surface area contributed by atoms with Gasteiger partial charge in [0.2, 0.25) is 0 Å². The van der Waals surface area contributed by atoms with Gasteiger partial charge in [-0.15, -0.1) is 0 Å². The van der Waals surface area contributed by atoms with Crippen molar-refractivity contribution in [3.63, 3.8) is 0 Å². The standard InChI is InChI=1S/C20H22N2O3.C2HF3O2/c21-11-14-12-22(9-10-24-14)20(23)25-13-19-17-7-3-1-5-15(17)16-6-2-4-8-18(16)19;3-2(4,5)1(6)7/h1-8,14,19H,9-13,21H2;(H,6,7)/t14-;/m1./s1. The number of morpholine rings is 1. The number of alkyl halides is 3. The molecule has 7 nitrogen and oxygen atoms in total. The molecule has 3 N–H and O–H groups in total. The van der Waals surface area contributed by atoms with E-state index in [1.165, 1.54) is 22.3 Å². The van der Waals surface area contributed by atoms with E-state index in [1.807, 2.05) is 24.3 Å². The summed E-state index contributed by atoms with van der Waals surface area (Å²) < 4.78 is 42.9. The molecule has 2 aliphatic rings. The number of nitrogens with two attached hydrogens (primary N) is 1. The van der Waals surface area contributed by atoms with Crippen molar-refractivity contribution in [3.05, 3.63) is 59.7 Å².